The van der Waals surface area contributed by atoms with Crippen LogP contribution in [0.25, 0.3) is 0 Å². The minimum Gasteiger partial charge on any atom is -0.295 e. The number of carbonyl (C=O) groups excluding carboxylic acids is 1. The molecule has 0 N–H and O–H groups in total. The summed E-state index contributed by atoms with van der Waals surface area (Å²) in [5, 5.41) is 0.759. The normalized spacial score (nSPS) is 18.6. The smallest absolute Gasteiger partial charge is 0.158 e. The minimum atomic E-state index is 0.0164. The zero-order chi connectivity index (χ0) is 13.2. The Morgan fingerprint density at radius 1 is 1.44 bits per heavy atom. The van der Waals surface area contributed by atoms with Crippen molar-refractivity contribution >= 4 is 40.9 Å². The summed E-state index contributed by atoms with van der Waals surface area (Å²) in [5.74, 6) is 1.08. The molecule has 0 spiro atoms. The summed E-state index contributed by atoms with van der Waals surface area (Å²) in [6.45, 7) is 4.23. The number of benzene rings is 1. The Morgan fingerprint density at radius 2 is 2.22 bits per heavy atom. The summed E-state index contributed by atoms with van der Waals surface area (Å²) in [7, 11) is 0. The zero-order valence-electron chi connectivity index (χ0n) is 10.4. The molecule has 18 heavy (non-hydrogen) atoms. The Hall–Kier alpha value is -0.380. The van der Waals surface area contributed by atoms with Crippen molar-refractivity contribution in [1.29, 1.82) is 0 Å². The van der Waals surface area contributed by atoms with Gasteiger partial charge in [0.05, 0.1) is 0 Å². The Balaban J connectivity index is 2.00. The Labute approximate surface area is 121 Å². The van der Waals surface area contributed by atoms with E-state index in [1.807, 2.05) is 18.2 Å². The van der Waals surface area contributed by atoms with Gasteiger partial charge < -0.3 is 0 Å². The highest BCUT2D eigenvalue weighted by Gasteiger charge is 2.28. The maximum absolute atomic E-state index is 11.6. The average Bonchev–Trinajstić information content (AvgIpc) is 2.24. The first kappa shape index (κ1) is 14.0. The predicted octanol–water partition coefficient (Wildman–Crippen LogP) is 4.90. The first-order valence-electron chi connectivity index (χ1n) is 5.75. The van der Waals surface area contributed by atoms with Crippen LogP contribution in [0.4, 0.5) is 0 Å². The maximum atomic E-state index is 11.6. The third-order valence-corrected chi connectivity index (χ3v) is 5.26. The van der Waals surface area contributed by atoms with E-state index in [2.05, 4.69) is 19.9 Å². The van der Waals surface area contributed by atoms with Crippen molar-refractivity contribution in [3.05, 3.63) is 45.2 Å². The first-order chi connectivity index (χ1) is 8.44. The fraction of sp³-hybridized carbons (Fsp3) is 0.357. The third-order valence-electron chi connectivity index (χ3n) is 2.53. The first-order valence-corrected chi connectivity index (χ1v) is 7.93. The van der Waals surface area contributed by atoms with Crippen LogP contribution in [0.1, 0.15) is 25.8 Å². The van der Waals surface area contributed by atoms with E-state index in [4.69, 9.17) is 11.6 Å². The molecule has 0 saturated heterocycles. The van der Waals surface area contributed by atoms with E-state index in [1.54, 1.807) is 29.6 Å². The Kier molecular flexibility index (Phi) is 4.46. The summed E-state index contributed by atoms with van der Waals surface area (Å²) in [6.07, 6.45) is 2.39. The molecular weight excluding hydrogens is 284 g/mol. The monoisotopic (exact) mass is 298 g/mol. The van der Waals surface area contributed by atoms with Crippen molar-refractivity contribution in [1.82, 2.24) is 0 Å². The van der Waals surface area contributed by atoms with Gasteiger partial charge in [0, 0.05) is 32.3 Å². The van der Waals surface area contributed by atoms with Gasteiger partial charge in [0.15, 0.2) is 5.78 Å². The standard InChI is InChI=1S/C14H15ClOS2/c1-14(2)8-12(16)7-13(18-14)17-9-10-4-3-5-11(15)6-10/h3-7H,8-9H2,1-2H3. The van der Waals surface area contributed by atoms with E-state index >= 15 is 0 Å². The van der Waals surface area contributed by atoms with Crippen LogP contribution in [0, 0.1) is 0 Å². The lowest BCUT2D eigenvalue weighted by atomic mass is 10.1. The second-order valence-corrected chi connectivity index (χ2v) is 8.35. The summed E-state index contributed by atoms with van der Waals surface area (Å²) in [4.78, 5) is 11.6. The fourth-order valence-electron chi connectivity index (χ4n) is 1.79. The second-order valence-electron chi connectivity index (χ2n) is 4.89. The van der Waals surface area contributed by atoms with Gasteiger partial charge in [-0.3, -0.25) is 4.79 Å². The molecule has 1 aliphatic heterocycles. The molecule has 0 unspecified atom stereocenters. The van der Waals surface area contributed by atoms with E-state index in [0.29, 0.717) is 6.42 Å². The third kappa shape index (κ3) is 4.08. The molecule has 1 aromatic rings. The van der Waals surface area contributed by atoms with Crippen molar-refractivity contribution in [2.75, 3.05) is 0 Å². The molecule has 0 saturated carbocycles. The summed E-state index contributed by atoms with van der Waals surface area (Å²) >= 11 is 9.45. The van der Waals surface area contributed by atoms with E-state index in [0.717, 1.165) is 15.0 Å². The molecular formula is C14H15ClOS2. The van der Waals surface area contributed by atoms with Gasteiger partial charge >= 0.3 is 0 Å². The van der Waals surface area contributed by atoms with Gasteiger partial charge in [-0.15, -0.1) is 23.5 Å². The molecule has 1 heterocycles. The van der Waals surface area contributed by atoms with E-state index in [1.165, 1.54) is 5.56 Å². The van der Waals surface area contributed by atoms with Gasteiger partial charge in [0.1, 0.15) is 0 Å². The van der Waals surface area contributed by atoms with Gasteiger partial charge in [0.2, 0.25) is 0 Å². The largest absolute Gasteiger partial charge is 0.295 e. The molecule has 0 bridgehead atoms. The minimum absolute atomic E-state index is 0.0164. The molecule has 2 rings (SSSR count). The van der Waals surface area contributed by atoms with Crippen LogP contribution in [0.2, 0.25) is 5.02 Å². The highest BCUT2D eigenvalue weighted by atomic mass is 35.5. The summed E-state index contributed by atoms with van der Waals surface area (Å²) < 4.78 is 1.12. The molecule has 4 heteroatoms. The molecule has 0 aromatic heterocycles. The van der Waals surface area contributed by atoms with Crippen LogP contribution >= 0.6 is 35.1 Å². The van der Waals surface area contributed by atoms with E-state index in [-0.39, 0.29) is 10.5 Å². The van der Waals surface area contributed by atoms with Crippen molar-refractivity contribution in [3.8, 4) is 0 Å². The van der Waals surface area contributed by atoms with Crippen LogP contribution in [-0.4, -0.2) is 10.5 Å². The number of thioether (sulfide) groups is 2. The highest BCUT2D eigenvalue weighted by Crippen LogP contribution is 2.44. The van der Waals surface area contributed by atoms with Crippen LogP contribution in [0.15, 0.2) is 34.6 Å². The molecule has 0 fully saturated rings. The molecule has 1 aliphatic rings. The quantitative estimate of drug-likeness (QED) is 0.790. The van der Waals surface area contributed by atoms with Crippen molar-refractivity contribution in [2.45, 2.75) is 30.8 Å². The van der Waals surface area contributed by atoms with Crippen LogP contribution < -0.4 is 0 Å². The van der Waals surface area contributed by atoms with Crippen LogP contribution in [0.3, 0.4) is 0 Å². The van der Waals surface area contributed by atoms with Gasteiger partial charge in [-0.25, -0.2) is 0 Å². The lowest BCUT2D eigenvalue weighted by Gasteiger charge is -2.27. The Morgan fingerprint density at radius 3 is 2.89 bits per heavy atom. The number of allylic oxidation sites excluding steroid dienone is 1. The molecule has 96 valence electrons. The molecule has 1 aromatic carbocycles. The average molecular weight is 299 g/mol. The topological polar surface area (TPSA) is 17.1 Å². The van der Waals surface area contributed by atoms with Crippen molar-refractivity contribution < 1.29 is 4.79 Å². The molecule has 1 nitrogen and oxygen atoms in total. The number of carbonyl (C=O) groups is 1. The van der Waals surface area contributed by atoms with E-state index in [9.17, 15) is 4.79 Å². The molecule has 0 amide bonds. The molecule has 0 aliphatic carbocycles. The molecule has 0 radical (unpaired) electrons. The van der Waals surface area contributed by atoms with Crippen molar-refractivity contribution in [2.24, 2.45) is 0 Å². The zero-order valence-corrected chi connectivity index (χ0v) is 12.8. The SMILES string of the molecule is CC1(C)CC(=O)C=C(SCc2cccc(Cl)c2)S1. The molecule has 0 atom stereocenters. The number of hydrogen-bond donors (Lipinski definition) is 0. The van der Waals surface area contributed by atoms with Crippen molar-refractivity contribution in [3.63, 3.8) is 0 Å². The van der Waals surface area contributed by atoms with Crippen LogP contribution in [-0.2, 0) is 10.5 Å². The number of hydrogen-bond acceptors (Lipinski definition) is 3. The van der Waals surface area contributed by atoms with Gasteiger partial charge in [-0.2, -0.15) is 0 Å². The van der Waals surface area contributed by atoms with E-state index < -0.39 is 0 Å². The fourth-order valence-corrected chi connectivity index (χ4v) is 4.75. The Bertz CT molecular complexity index is 494. The predicted molar refractivity (Wildman–Crippen MR) is 82.1 cm³/mol. The maximum Gasteiger partial charge on any atom is 0.158 e. The summed E-state index contributed by atoms with van der Waals surface area (Å²) in [6, 6.07) is 7.85. The van der Waals surface area contributed by atoms with Gasteiger partial charge in [-0.05, 0) is 31.5 Å². The lowest BCUT2D eigenvalue weighted by Crippen LogP contribution is -2.22. The second kappa shape index (κ2) is 5.72. The lowest BCUT2D eigenvalue weighted by molar-refractivity contribution is -0.115. The number of ketones is 1. The van der Waals surface area contributed by atoms with Gasteiger partial charge in [-0.1, -0.05) is 23.7 Å². The van der Waals surface area contributed by atoms with Crippen LogP contribution in [0.5, 0.6) is 0 Å². The highest BCUT2D eigenvalue weighted by molar-refractivity contribution is 8.22. The number of rotatable bonds is 3. The summed E-state index contributed by atoms with van der Waals surface area (Å²) in [5.41, 5.74) is 1.19. The van der Waals surface area contributed by atoms with Gasteiger partial charge in [0.25, 0.3) is 0 Å². The number of halogens is 1.